The van der Waals surface area contributed by atoms with E-state index in [0.717, 1.165) is 12.2 Å². The Morgan fingerprint density at radius 1 is 1.18 bits per heavy atom. The molecule has 1 spiro atoms. The summed E-state index contributed by atoms with van der Waals surface area (Å²) in [5, 5.41) is 3.47. The summed E-state index contributed by atoms with van der Waals surface area (Å²) in [6.07, 6.45) is 6.74. The van der Waals surface area contributed by atoms with E-state index in [1.54, 1.807) is 12.1 Å². The minimum atomic E-state index is -0.142. The van der Waals surface area contributed by atoms with Gasteiger partial charge < -0.3 is 5.32 Å². The van der Waals surface area contributed by atoms with Gasteiger partial charge in [0.05, 0.1) is 5.69 Å². The number of anilines is 1. The molecule has 3 heteroatoms. The lowest BCUT2D eigenvalue weighted by molar-refractivity contribution is 0.241. The molecule has 17 heavy (non-hydrogen) atoms. The fraction of sp³-hybridized carbons (Fsp3) is 0.571. The van der Waals surface area contributed by atoms with Gasteiger partial charge in [-0.05, 0) is 36.5 Å². The van der Waals surface area contributed by atoms with Crippen molar-refractivity contribution in [2.45, 2.75) is 37.0 Å². The fourth-order valence-electron chi connectivity index (χ4n) is 2.95. The zero-order valence-electron chi connectivity index (χ0n) is 9.97. The van der Waals surface area contributed by atoms with E-state index in [0.29, 0.717) is 5.41 Å². The van der Waals surface area contributed by atoms with Crippen LogP contribution < -0.4 is 5.32 Å². The molecule has 0 unspecified atom stereocenters. The van der Waals surface area contributed by atoms with Crippen molar-refractivity contribution in [1.29, 1.82) is 0 Å². The van der Waals surface area contributed by atoms with Crippen LogP contribution in [0.15, 0.2) is 23.1 Å². The highest BCUT2D eigenvalue weighted by atomic mass is 32.2. The van der Waals surface area contributed by atoms with Crippen LogP contribution in [0.25, 0.3) is 0 Å². The summed E-state index contributed by atoms with van der Waals surface area (Å²) in [7, 11) is 0. The van der Waals surface area contributed by atoms with Crippen LogP contribution in [-0.2, 0) is 0 Å². The molecule has 1 aliphatic carbocycles. The molecule has 0 radical (unpaired) electrons. The van der Waals surface area contributed by atoms with Crippen molar-refractivity contribution in [2.24, 2.45) is 5.41 Å². The number of hydrogen-bond acceptors (Lipinski definition) is 2. The van der Waals surface area contributed by atoms with Gasteiger partial charge in [0.2, 0.25) is 0 Å². The van der Waals surface area contributed by atoms with Crippen molar-refractivity contribution in [1.82, 2.24) is 0 Å². The van der Waals surface area contributed by atoms with Crippen LogP contribution in [0.3, 0.4) is 0 Å². The predicted octanol–water partition coefficient (Wildman–Crippen LogP) is 4.29. The predicted molar refractivity (Wildman–Crippen MR) is 71.1 cm³/mol. The molecule has 1 aromatic rings. The smallest absolute Gasteiger partial charge is 0.125 e. The van der Waals surface area contributed by atoms with Crippen LogP contribution >= 0.6 is 11.8 Å². The molecule has 92 valence electrons. The van der Waals surface area contributed by atoms with Gasteiger partial charge in [-0.2, -0.15) is 0 Å². The first-order valence-corrected chi connectivity index (χ1v) is 7.42. The van der Waals surface area contributed by atoms with Crippen LogP contribution in [0.1, 0.15) is 32.1 Å². The average Bonchev–Trinajstić information content (AvgIpc) is 2.52. The number of hydrogen-bond donors (Lipinski definition) is 1. The standard InChI is InChI=1S/C14H18FNS/c15-11-4-5-13-12(8-11)16-9-14(10-17-13)6-2-1-3-7-14/h4-5,8,16H,1-3,6-7,9-10H2. The minimum absolute atomic E-state index is 0.142. The lowest BCUT2D eigenvalue weighted by Crippen LogP contribution is -2.33. The lowest BCUT2D eigenvalue weighted by Gasteiger charge is -2.35. The maximum absolute atomic E-state index is 13.2. The van der Waals surface area contributed by atoms with Gasteiger partial charge in [0.25, 0.3) is 0 Å². The Bertz CT molecular complexity index is 413. The molecule has 1 aromatic carbocycles. The first-order chi connectivity index (χ1) is 8.27. The van der Waals surface area contributed by atoms with Crippen molar-refractivity contribution in [3.63, 3.8) is 0 Å². The molecule has 0 bridgehead atoms. The highest BCUT2D eigenvalue weighted by molar-refractivity contribution is 7.99. The van der Waals surface area contributed by atoms with Crippen LogP contribution in [0, 0.1) is 11.2 Å². The van der Waals surface area contributed by atoms with Crippen molar-refractivity contribution in [3.05, 3.63) is 24.0 Å². The monoisotopic (exact) mass is 251 g/mol. The van der Waals surface area contributed by atoms with Gasteiger partial charge in [-0.15, -0.1) is 11.8 Å². The van der Waals surface area contributed by atoms with Gasteiger partial charge in [-0.3, -0.25) is 0 Å². The van der Waals surface area contributed by atoms with Crippen LogP contribution in [0.2, 0.25) is 0 Å². The quantitative estimate of drug-likeness (QED) is 0.738. The third-order valence-electron chi connectivity index (χ3n) is 4.04. The Balaban J connectivity index is 1.82. The minimum Gasteiger partial charge on any atom is -0.383 e. The number of rotatable bonds is 0. The molecule has 3 rings (SSSR count). The molecular formula is C14H18FNS. The van der Waals surface area contributed by atoms with E-state index in [2.05, 4.69) is 5.32 Å². The van der Waals surface area contributed by atoms with E-state index in [-0.39, 0.29) is 5.82 Å². The summed E-state index contributed by atoms with van der Waals surface area (Å²) in [6, 6.07) is 5.10. The van der Waals surface area contributed by atoms with E-state index in [1.807, 2.05) is 17.8 Å². The SMILES string of the molecule is Fc1ccc2c(c1)NCC1(CCCCC1)CS2. The van der Waals surface area contributed by atoms with Crippen molar-refractivity contribution >= 4 is 17.4 Å². The average molecular weight is 251 g/mol. The zero-order chi connectivity index (χ0) is 11.7. The van der Waals surface area contributed by atoms with Gasteiger partial charge in [-0.25, -0.2) is 4.39 Å². The maximum atomic E-state index is 13.2. The molecule has 0 amide bonds. The largest absolute Gasteiger partial charge is 0.383 e. The second kappa shape index (κ2) is 4.52. The van der Waals surface area contributed by atoms with Crippen LogP contribution in [0.5, 0.6) is 0 Å². The van der Waals surface area contributed by atoms with Crippen LogP contribution in [-0.4, -0.2) is 12.3 Å². The highest BCUT2D eigenvalue weighted by Gasteiger charge is 2.34. The van der Waals surface area contributed by atoms with Gasteiger partial charge >= 0.3 is 0 Å². The summed E-state index contributed by atoms with van der Waals surface area (Å²) < 4.78 is 13.2. The van der Waals surface area contributed by atoms with E-state index in [4.69, 9.17) is 0 Å². The highest BCUT2D eigenvalue weighted by Crippen LogP contribution is 2.44. The Morgan fingerprint density at radius 2 is 2.00 bits per heavy atom. The molecule has 0 atom stereocenters. The second-order valence-electron chi connectivity index (χ2n) is 5.34. The van der Waals surface area contributed by atoms with Crippen molar-refractivity contribution in [2.75, 3.05) is 17.6 Å². The molecule has 1 heterocycles. The maximum Gasteiger partial charge on any atom is 0.125 e. The Kier molecular flexibility index (Phi) is 3.03. The summed E-state index contributed by atoms with van der Waals surface area (Å²) in [5.41, 5.74) is 1.43. The molecule has 2 aliphatic rings. The van der Waals surface area contributed by atoms with Gasteiger partial charge in [0.15, 0.2) is 0 Å². The van der Waals surface area contributed by atoms with E-state index in [9.17, 15) is 4.39 Å². The van der Waals surface area contributed by atoms with Gasteiger partial charge in [0.1, 0.15) is 5.82 Å². The number of benzene rings is 1. The number of fused-ring (bicyclic) bond motifs is 1. The lowest BCUT2D eigenvalue weighted by atomic mass is 9.75. The van der Waals surface area contributed by atoms with Crippen molar-refractivity contribution in [3.8, 4) is 0 Å². The first kappa shape index (κ1) is 11.4. The topological polar surface area (TPSA) is 12.0 Å². The fourth-order valence-corrected chi connectivity index (χ4v) is 4.26. The van der Waals surface area contributed by atoms with E-state index < -0.39 is 0 Å². The number of nitrogens with one attached hydrogen (secondary N) is 1. The molecule has 1 N–H and O–H groups in total. The number of halogens is 1. The third-order valence-corrected chi connectivity index (χ3v) is 5.47. The normalized spacial score (nSPS) is 22.6. The summed E-state index contributed by atoms with van der Waals surface area (Å²) >= 11 is 1.89. The molecule has 0 saturated heterocycles. The Labute approximate surface area is 106 Å². The third kappa shape index (κ3) is 2.30. The Hall–Kier alpha value is -0.700. The molecule has 1 nitrogen and oxygen atoms in total. The molecule has 1 aliphatic heterocycles. The van der Waals surface area contributed by atoms with Crippen molar-refractivity contribution < 1.29 is 4.39 Å². The summed E-state index contributed by atoms with van der Waals surface area (Å²) in [5.74, 6) is 1.04. The summed E-state index contributed by atoms with van der Waals surface area (Å²) in [6.45, 7) is 1.01. The Morgan fingerprint density at radius 3 is 2.82 bits per heavy atom. The van der Waals surface area contributed by atoms with Gasteiger partial charge in [0, 0.05) is 17.2 Å². The molecule has 1 fully saturated rings. The summed E-state index contributed by atoms with van der Waals surface area (Å²) in [4.78, 5) is 1.20. The number of thioether (sulfide) groups is 1. The zero-order valence-corrected chi connectivity index (χ0v) is 10.8. The second-order valence-corrected chi connectivity index (χ2v) is 6.36. The van der Waals surface area contributed by atoms with Gasteiger partial charge in [-0.1, -0.05) is 19.3 Å². The first-order valence-electron chi connectivity index (χ1n) is 6.44. The molecular weight excluding hydrogens is 233 g/mol. The van der Waals surface area contributed by atoms with E-state index >= 15 is 0 Å². The van der Waals surface area contributed by atoms with E-state index in [1.165, 1.54) is 42.8 Å². The molecule has 0 aromatic heterocycles. The molecule has 1 saturated carbocycles. The van der Waals surface area contributed by atoms with Crippen LogP contribution in [0.4, 0.5) is 10.1 Å².